The molecule has 0 aliphatic carbocycles. The minimum Gasteiger partial charge on any atom is -0.289 e. The third kappa shape index (κ3) is 3.93. The molecule has 2 aromatic carbocycles. The molecule has 8 nitrogen and oxygen atoms in total. The highest BCUT2D eigenvalue weighted by Crippen LogP contribution is 2.24. The van der Waals surface area contributed by atoms with Crippen molar-refractivity contribution in [2.45, 2.75) is 18.7 Å². The lowest BCUT2D eigenvalue weighted by Crippen LogP contribution is -2.31. The summed E-state index contributed by atoms with van der Waals surface area (Å²) in [4.78, 5) is 11.6. The second-order valence-electron chi connectivity index (χ2n) is 6.41. The summed E-state index contributed by atoms with van der Waals surface area (Å²) < 4.78 is 26.8. The van der Waals surface area contributed by atoms with Crippen molar-refractivity contribution in [3.63, 3.8) is 0 Å². The first-order chi connectivity index (χ1) is 13.8. The average molecular weight is 429 g/mol. The summed E-state index contributed by atoms with van der Waals surface area (Å²) in [6.07, 6.45) is 0. The zero-order valence-corrected chi connectivity index (χ0v) is 17.2. The maximum absolute atomic E-state index is 12.6. The van der Waals surface area contributed by atoms with Crippen molar-refractivity contribution in [1.29, 1.82) is 0 Å². The van der Waals surface area contributed by atoms with E-state index in [9.17, 15) is 8.42 Å². The number of sulfonamides is 1. The molecule has 0 spiro atoms. The van der Waals surface area contributed by atoms with Crippen LogP contribution in [-0.4, -0.2) is 28.2 Å². The number of hydrogen-bond acceptors (Lipinski definition) is 6. The van der Waals surface area contributed by atoms with Gasteiger partial charge >= 0.3 is 0 Å². The molecule has 29 heavy (non-hydrogen) atoms. The van der Waals surface area contributed by atoms with Crippen molar-refractivity contribution in [2.24, 2.45) is 0 Å². The van der Waals surface area contributed by atoms with Gasteiger partial charge in [0, 0.05) is 10.7 Å². The van der Waals surface area contributed by atoms with Gasteiger partial charge in [-0.25, -0.2) is 23.1 Å². The van der Waals surface area contributed by atoms with Crippen molar-refractivity contribution in [3.8, 4) is 5.82 Å². The molecule has 4 aromatic rings. The van der Waals surface area contributed by atoms with E-state index in [1.807, 2.05) is 19.9 Å². The van der Waals surface area contributed by atoms with Gasteiger partial charge in [0.25, 0.3) is 10.0 Å². The minimum absolute atomic E-state index is 0.122. The number of aryl methyl sites for hydroxylation is 2. The molecule has 148 valence electrons. The van der Waals surface area contributed by atoms with E-state index in [4.69, 9.17) is 11.6 Å². The summed E-state index contributed by atoms with van der Waals surface area (Å²) in [5, 5.41) is 4.94. The molecule has 2 heterocycles. The Labute approximate surface area is 172 Å². The molecule has 10 heteroatoms. The SMILES string of the molecule is Cc1cc(C)n(-c2nc3ccc(Cl)cc3nc2NNS(=O)(=O)c2ccccc2)n1. The number of hydrogen-bond donors (Lipinski definition) is 2. The number of fused-ring (bicyclic) bond motifs is 1. The fourth-order valence-corrected chi connectivity index (χ4v) is 3.90. The molecule has 0 unspecified atom stereocenters. The zero-order valence-electron chi connectivity index (χ0n) is 15.6. The van der Waals surface area contributed by atoms with E-state index in [0.717, 1.165) is 11.4 Å². The van der Waals surface area contributed by atoms with E-state index < -0.39 is 10.0 Å². The number of nitrogens with one attached hydrogen (secondary N) is 2. The lowest BCUT2D eigenvalue weighted by molar-refractivity contribution is 0.587. The van der Waals surface area contributed by atoms with Gasteiger partial charge in [0.05, 0.1) is 21.6 Å². The Morgan fingerprint density at radius 1 is 0.966 bits per heavy atom. The second-order valence-corrected chi connectivity index (χ2v) is 8.53. The molecule has 0 aliphatic heterocycles. The number of rotatable bonds is 5. The van der Waals surface area contributed by atoms with Crippen LogP contribution in [0.2, 0.25) is 5.02 Å². The number of anilines is 1. The van der Waals surface area contributed by atoms with Crippen LogP contribution in [0.5, 0.6) is 0 Å². The second kappa shape index (κ2) is 7.43. The third-order valence-electron chi connectivity index (χ3n) is 4.18. The molecule has 0 saturated carbocycles. The highest BCUT2D eigenvalue weighted by atomic mass is 35.5. The summed E-state index contributed by atoms with van der Waals surface area (Å²) in [6, 6.07) is 15.0. The van der Waals surface area contributed by atoms with Crippen molar-refractivity contribution in [3.05, 3.63) is 71.0 Å². The first-order valence-electron chi connectivity index (χ1n) is 8.67. The van der Waals surface area contributed by atoms with Crippen molar-refractivity contribution >= 4 is 38.5 Å². The van der Waals surface area contributed by atoms with E-state index in [2.05, 4.69) is 25.3 Å². The molecule has 2 N–H and O–H groups in total. The van der Waals surface area contributed by atoms with E-state index in [-0.39, 0.29) is 10.7 Å². The van der Waals surface area contributed by atoms with Crippen LogP contribution in [0.1, 0.15) is 11.4 Å². The zero-order chi connectivity index (χ0) is 20.6. The van der Waals surface area contributed by atoms with E-state index in [1.54, 1.807) is 41.1 Å². The molecule has 0 radical (unpaired) electrons. The molecule has 0 fully saturated rings. The third-order valence-corrected chi connectivity index (χ3v) is 5.67. The van der Waals surface area contributed by atoms with Gasteiger partial charge in [-0.3, -0.25) is 5.43 Å². The van der Waals surface area contributed by atoms with Crippen molar-refractivity contribution in [1.82, 2.24) is 24.6 Å². The Balaban J connectivity index is 1.79. The summed E-state index contributed by atoms with van der Waals surface area (Å²) >= 11 is 6.07. The van der Waals surface area contributed by atoms with Crippen molar-refractivity contribution in [2.75, 3.05) is 5.43 Å². The molecular formula is C19H17ClN6O2S. The predicted molar refractivity (Wildman–Crippen MR) is 112 cm³/mol. The number of benzene rings is 2. The highest BCUT2D eigenvalue weighted by molar-refractivity contribution is 7.89. The van der Waals surface area contributed by atoms with Gasteiger partial charge in [-0.2, -0.15) is 5.10 Å². The van der Waals surface area contributed by atoms with Crippen LogP contribution in [0.15, 0.2) is 59.5 Å². The van der Waals surface area contributed by atoms with Crippen LogP contribution in [0, 0.1) is 13.8 Å². The van der Waals surface area contributed by atoms with Gasteiger partial charge < -0.3 is 0 Å². The van der Waals surface area contributed by atoms with E-state index in [1.165, 1.54) is 12.1 Å². The van der Waals surface area contributed by atoms with Gasteiger partial charge in [-0.05, 0) is 50.2 Å². The first kappa shape index (κ1) is 19.3. The van der Waals surface area contributed by atoms with Crippen molar-refractivity contribution < 1.29 is 8.42 Å². The molecule has 2 aromatic heterocycles. The van der Waals surface area contributed by atoms with Gasteiger partial charge in [0.1, 0.15) is 0 Å². The average Bonchev–Trinajstić information content (AvgIpc) is 3.04. The highest BCUT2D eigenvalue weighted by Gasteiger charge is 2.18. The molecule has 0 saturated heterocycles. The first-order valence-corrected chi connectivity index (χ1v) is 10.5. The van der Waals surface area contributed by atoms with Crippen LogP contribution in [0.3, 0.4) is 0 Å². The van der Waals surface area contributed by atoms with Gasteiger partial charge in [0.15, 0.2) is 11.6 Å². The quantitative estimate of drug-likeness (QED) is 0.472. The smallest absolute Gasteiger partial charge is 0.257 e. The molecular weight excluding hydrogens is 412 g/mol. The number of hydrazine groups is 1. The van der Waals surface area contributed by atoms with Crippen LogP contribution < -0.4 is 10.3 Å². The minimum atomic E-state index is -3.81. The Morgan fingerprint density at radius 2 is 1.72 bits per heavy atom. The summed E-state index contributed by atoms with van der Waals surface area (Å²) in [7, 11) is -3.81. The molecule has 0 bridgehead atoms. The topological polar surface area (TPSA) is 102 Å². The van der Waals surface area contributed by atoms with Gasteiger partial charge in [0.2, 0.25) is 0 Å². The maximum Gasteiger partial charge on any atom is 0.257 e. The largest absolute Gasteiger partial charge is 0.289 e. The van der Waals surface area contributed by atoms with Crippen LogP contribution in [0.25, 0.3) is 16.9 Å². The van der Waals surface area contributed by atoms with Gasteiger partial charge in [-0.1, -0.05) is 29.8 Å². The number of aromatic nitrogens is 4. The lowest BCUT2D eigenvalue weighted by Gasteiger charge is -2.14. The summed E-state index contributed by atoms with van der Waals surface area (Å²) in [5.74, 6) is 0.562. The normalized spacial score (nSPS) is 11.7. The Morgan fingerprint density at radius 3 is 2.41 bits per heavy atom. The monoisotopic (exact) mass is 428 g/mol. The fourth-order valence-electron chi connectivity index (χ4n) is 2.87. The standard InChI is InChI=1S/C19H17ClN6O2S/c1-12-10-13(2)26(24-12)19-18(21-17-11-14(20)8-9-16(17)22-19)23-25-29(27,28)15-6-4-3-5-7-15/h3-11,25H,1-2H3,(H,21,23). The predicted octanol–water partition coefficient (Wildman–Crippen LogP) is 3.39. The summed E-state index contributed by atoms with van der Waals surface area (Å²) in [6.45, 7) is 3.74. The number of nitrogens with zero attached hydrogens (tertiary/aromatic N) is 4. The maximum atomic E-state index is 12.6. The Hall–Kier alpha value is -3.01. The molecule has 0 atom stereocenters. The Kier molecular flexibility index (Phi) is 4.95. The van der Waals surface area contributed by atoms with E-state index >= 15 is 0 Å². The van der Waals surface area contributed by atoms with Gasteiger partial charge in [-0.15, -0.1) is 4.83 Å². The molecule has 0 aliphatic rings. The number of halogens is 1. The lowest BCUT2D eigenvalue weighted by atomic mass is 10.3. The van der Waals surface area contributed by atoms with Crippen LogP contribution in [-0.2, 0) is 10.0 Å². The molecule has 4 rings (SSSR count). The van der Waals surface area contributed by atoms with Crippen LogP contribution >= 0.6 is 11.6 Å². The van der Waals surface area contributed by atoms with Crippen LogP contribution in [0.4, 0.5) is 5.82 Å². The van der Waals surface area contributed by atoms with E-state index in [0.29, 0.717) is 21.9 Å². The fraction of sp³-hybridized carbons (Fsp3) is 0.105. The summed E-state index contributed by atoms with van der Waals surface area (Å²) in [5.41, 5.74) is 5.44. The molecule has 0 amide bonds. The Bertz CT molecular complexity index is 1310.